The maximum absolute atomic E-state index is 13.4. The van der Waals surface area contributed by atoms with Crippen molar-refractivity contribution >= 4 is 5.78 Å². The standard InChI is InChI=1S/C34H30O10/c1-16(15-35)2-7-22-25(39)12-27(41)32-28(42)14-29(44-34(22)32)23-11-24-30(13-26(23)40)43-33(17-3-5-19(36)6-4-17)31(24)18-8-20(37)10-21(38)9-18/h2-6,8-13,29,31,33,35-41H,7,14-15H2,1H3/b16-2+/t29-,31+,33-/m1/s1. The van der Waals surface area contributed by atoms with Gasteiger partial charge in [-0.1, -0.05) is 23.8 Å². The number of ketones is 1. The number of phenolic OH excluding ortho intramolecular Hbond substituents is 6. The summed E-state index contributed by atoms with van der Waals surface area (Å²) >= 11 is 0. The number of aromatic hydroxyl groups is 6. The Morgan fingerprint density at radius 2 is 1.50 bits per heavy atom. The van der Waals surface area contributed by atoms with Gasteiger partial charge >= 0.3 is 0 Å². The second-order valence-electron chi connectivity index (χ2n) is 11.1. The number of fused-ring (bicyclic) bond motifs is 2. The molecule has 0 aliphatic carbocycles. The first-order chi connectivity index (χ1) is 21.0. The van der Waals surface area contributed by atoms with Gasteiger partial charge in [0.25, 0.3) is 0 Å². The number of hydrogen-bond donors (Lipinski definition) is 7. The highest BCUT2D eigenvalue weighted by Crippen LogP contribution is 2.54. The third-order valence-corrected chi connectivity index (χ3v) is 8.06. The first kappa shape index (κ1) is 28.8. The number of aliphatic hydroxyl groups excluding tert-OH is 1. The van der Waals surface area contributed by atoms with Crippen LogP contribution in [0.25, 0.3) is 0 Å². The third kappa shape index (κ3) is 5.09. The van der Waals surface area contributed by atoms with Crippen LogP contribution in [0, 0.1) is 0 Å². The summed E-state index contributed by atoms with van der Waals surface area (Å²) in [7, 11) is 0. The summed E-state index contributed by atoms with van der Waals surface area (Å²) in [5.74, 6) is -1.91. The van der Waals surface area contributed by atoms with Gasteiger partial charge < -0.3 is 45.2 Å². The highest BCUT2D eigenvalue weighted by Gasteiger charge is 2.40. The Labute approximate surface area is 251 Å². The van der Waals surface area contributed by atoms with E-state index in [1.807, 2.05) is 0 Å². The van der Waals surface area contributed by atoms with Gasteiger partial charge in [0.15, 0.2) is 5.78 Å². The molecule has 4 aromatic rings. The minimum atomic E-state index is -1.01. The van der Waals surface area contributed by atoms with Crippen LogP contribution in [0.5, 0.6) is 46.0 Å². The zero-order valence-electron chi connectivity index (χ0n) is 23.6. The molecule has 4 aromatic carbocycles. The molecule has 0 saturated heterocycles. The number of benzene rings is 4. The lowest BCUT2D eigenvalue weighted by Crippen LogP contribution is -2.22. The molecule has 2 heterocycles. The van der Waals surface area contributed by atoms with Crippen LogP contribution in [0.3, 0.4) is 0 Å². The molecule has 2 aliphatic rings. The zero-order chi connectivity index (χ0) is 31.3. The topological polar surface area (TPSA) is 177 Å². The van der Waals surface area contributed by atoms with Crippen molar-refractivity contribution in [3.05, 3.63) is 106 Å². The third-order valence-electron chi connectivity index (χ3n) is 8.06. The lowest BCUT2D eigenvalue weighted by atomic mass is 9.83. The smallest absolute Gasteiger partial charge is 0.174 e. The summed E-state index contributed by atoms with van der Waals surface area (Å²) in [6.45, 7) is 1.51. The van der Waals surface area contributed by atoms with Gasteiger partial charge in [0.2, 0.25) is 0 Å². The number of ether oxygens (including phenoxy) is 2. The molecule has 44 heavy (non-hydrogen) atoms. The molecule has 0 aromatic heterocycles. The molecule has 226 valence electrons. The first-order valence-electron chi connectivity index (χ1n) is 13.9. The minimum Gasteiger partial charge on any atom is -0.508 e. The normalized spacial score (nSPS) is 19.2. The molecule has 0 bridgehead atoms. The highest BCUT2D eigenvalue weighted by atomic mass is 16.5. The van der Waals surface area contributed by atoms with Crippen molar-refractivity contribution in [2.24, 2.45) is 0 Å². The number of rotatable bonds is 6. The molecule has 2 aliphatic heterocycles. The van der Waals surface area contributed by atoms with Gasteiger partial charge in [0, 0.05) is 34.9 Å². The van der Waals surface area contributed by atoms with Crippen molar-refractivity contribution in [3.8, 4) is 46.0 Å². The van der Waals surface area contributed by atoms with E-state index < -0.39 is 29.7 Å². The summed E-state index contributed by atoms with van der Waals surface area (Å²) in [6.07, 6.45) is -0.107. The summed E-state index contributed by atoms with van der Waals surface area (Å²) < 4.78 is 12.5. The van der Waals surface area contributed by atoms with E-state index >= 15 is 0 Å². The van der Waals surface area contributed by atoms with Gasteiger partial charge in [0.05, 0.1) is 18.9 Å². The summed E-state index contributed by atoms with van der Waals surface area (Å²) in [6, 6.07) is 14.8. The maximum atomic E-state index is 13.4. The molecule has 7 N–H and O–H groups in total. The summed E-state index contributed by atoms with van der Waals surface area (Å²) in [5.41, 5.74) is 2.85. The van der Waals surface area contributed by atoms with E-state index in [2.05, 4.69) is 0 Å². The average molecular weight is 599 g/mol. The predicted octanol–water partition coefficient (Wildman–Crippen LogP) is 5.37. The Balaban J connectivity index is 1.45. The summed E-state index contributed by atoms with van der Waals surface area (Å²) in [4.78, 5) is 13.4. The van der Waals surface area contributed by atoms with Crippen molar-refractivity contribution in [3.63, 3.8) is 0 Å². The van der Waals surface area contributed by atoms with E-state index in [-0.39, 0.29) is 70.6 Å². The monoisotopic (exact) mass is 598 g/mol. The molecular weight excluding hydrogens is 568 g/mol. The van der Waals surface area contributed by atoms with E-state index in [4.69, 9.17) is 9.47 Å². The van der Waals surface area contributed by atoms with Gasteiger partial charge in [-0.15, -0.1) is 0 Å². The number of Topliss-reactive ketones (excluding diaryl/α,β-unsaturated/α-hetero) is 1. The first-order valence-corrected chi connectivity index (χ1v) is 13.9. The fourth-order valence-electron chi connectivity index (χ4n) is 5.89. The van der Waals surface area contributed by atoms with Crippen molar-refractivity contribution in [2.45, 2.75) is 37.9 Å². The number of hydrogen-bond acceptors (Lipinski definition) is 10. The molecule has 0 fully saturated rings. The Bertz CT molecular complexity index is 1790. The second-order valence-corrected chi connectivity index (χ2v) is 11.1. The number of carbonyl (C=O) groups excluding carboxylic acids is 1. The van der Waals surface area contributed by atoms with Crippen molar-refractivity contribution in [1.29, 1.82) is 0 Å². The minimum absolute atomic E-state index is 0.0155. The summed E-state index contributed by atoms with van der Waals surface area (Å²) in [5, 5.41) is 72.2. The van der Waals surface area contributed by atoms with Gasteiger partial charge in [-0.25, -0.2) is 0 Å². The molecular formula is C34H30O10. The molecule has 3 atom stereocenters. The van der Waals surface area contributed by atoms with Gasteiger partial charge in [-0.3, -0.25) is 4.79 Å². The van der Waals surface area contributed by atoms with Crippen LogP contribution < -0.4 is 9.47 Å². The Morgan fingerprint density at radius 3 is 2.18 bits per heavy atom. The number of aliphatic hydroxyl groups is 1. The van der Waals surface area contributed by atoms with E-state index in [1.165, 1.54) is 36.4 Å². The van der Waals surface area contributed by atoms with E-state index in [9.17, 15) is 40.5 Å². The van der Waals surface area contributed by atoms with Crippen LogP contribution in [0.4, 0.5) is 0 Å². The van der Waals surface area contributed by atoms with Gasteiger partial charge in [-0.05, 0) is 54.8 Å². The van der Waals surface area contributed by atoms with Gasteiger partial charge in [-0.2, -0.15) is 0 Å². The van der Waals surface area contributed by atoms with Crippen molar-refractivity contribution < 1.29 is 50.0 Å². The van der Waals surface area contributed by atoms with Crippen molar-refractivity contribution in [2.75, 3.05) is 6.61 Å². The number of allylic oxidation sites excluding steroid dienone is 1. The van der Waals surface area contributed by atoms with E-state index in [0.717, 1.165) is 6.07 Å². The van der Waals surface area contributed by atoms with Crippen LogP contribution in [0.2, 0.25) is 0 Å². The largest absolute Gasteiger partial charge is 0.508 e. The predicted molar refractivity (Wildman–Crippen MR) is 158 cm³/mol. The van der Waals surface area contributed by atoms with Crippen molar-refractivity contribution in [1.82, 2.24) is 0 Å². The average Bonchev–Trinajstić information content (AvgIpc) is 3.33. The van der Waals surface area contributed by atoms with E-state index in [1.54, 1.807) is 31.2 Å². The lowest BCUT2D eigenvalue weighted by Gasteiger charge is -2.29. The second kappa shape index (κ2) is 11.1. The van der Waals surface area contributed by atoms with Crippen LogP contribution in [-0.4, -0.2) is 48.1 Å². The molecule has 0 saturated carbocycles. The van der Waals surface area contributed by atoms with Crippen LogP contribution in [0.15, 0.2) is 72.3 Å². The lowest BCUT2D eigenvalue weighted by molar-refractivity contribution is 0.0839. The fourth-order valence-corrected chi connectivity index (χ4v) is 5.89. The molecule has 0 amide bonds. The Kier molecular flexibility index (Phi) is 7.22. The molecule has 10 nitrogen and oxygen atoms in total. The van der Waals surface area contributed by atoms with Crippen LogP contribution >= 0.6 is 0 Å². The highest BCUT2D eigenvalue weighted by molar-refractivity contribution is 6.03. The van der Waals surface area contributed by atoms with Gasteiger partial charge in [0.1, 0.15) is 63.8 Å². The molecule has 0 radical (unpaired) electrons. The number of phenols is 6. The molecule has 0 unspecified atom stereocenters. The quantitative estimate of drug-likeness (QED) is 0.143. The Morgan fingerprint density at radius 1 is 0.795 bits per heavy atom. The number of carbonyl (C=O) groups is 1. The molecule has 10 heteroatoms. The molecule has 0 spiro atoms. The fraction of sp³-hybridized carbons (Fsp3) is 0.206. The maximum Gasteiger partial charge on any atom is 0.174 e. The van der Waals surface area contributed by atoms with Crippen LogP contribution in [-0.2, 0) is 6.42 Å². The zero-order valence-corrected chi connectivity index (χ0v) is 23.6. The molecule has 6 rings (SSSR count). The van der Waals surface area contributed by atoms with Crippen LogP contribution in [0.1, 0.15) is 69.6 Å². The SMILES string of the molecule is C/C(=C\Cc1c(O)cc(O)c2c1O[C@@H](c1cc3c(cc1O)O[C@H](c1ccc(O)cc1)[C@H]3c1cc(O)cc(O)c1)CC2=O)CO. The van der Waals surface area contributed by atoms with E-state index in [0.29, 0.717) is 28.0 Å². The Hall–Kier alpha value is -5.35.